The number of hydrogen-bond donors (Lipinski definition) is 3. The van der Waals surface area contributed by atoms with Gasteiger partial charge in [0, 0.05) is 6.26 Å². The van der Waals surface area contributed by atoms with Crippen molar-refractivity contribution in [3.8, 4) is 0 Å². The highest BCUT2D eigenvalue weighted by Crippen LogP contribution is 2.18. The second-order valence-electron chi connectivity index (χ2n) is 3.71. The van der Waals surface area contributed by atoms with Crippen LogP contribution in [0.3, 0.4) is 0 Å². The number of primary amides is 1. The monoisotopic (exact) mass is 258 g/mol. The van der Waals surface area contributed by atoms with E-state index >= 15 is 0 Å². The van der Waals surface area contributed by atoms with E-state index in [4.69, 9.17) is 11.5 Å². The number of sulfone groups is 1. The Labute approximate surface area is 99.2 Å². The molecule has 1 rings (SSSR count). The van der Waals surface area contributed by atoms with Crippen LogP contribution in [0, 0.1) is 0 Å². The van der Waals surface area contributed by atoms with Gasteiger partial charge in [-0.05, 0) is 17.7 Å². The largest absolute Gasteiger partial charge is 0.386 e. The Hall–Kier alpha value is -1.44. The number of aliphatic hydroxyl groups excluding tert-OH is 1. The molecule has 0 saturated carbocycles. The zero-order chi connectivity index (χ0) is 13.2. The summed E-state index contributed by atoms with van der Waals surface area (Å²) in [5.74, 6) is -0.829. The quantitative estimate of drug-likeness (QED) is 0.635. The van der Waals surface area contributed by atoms with E-state index in [1.807, 2.05) is 0 Å². The van der Waals surface area contributed by atoms with E-state index in [9.17, 15) is 18.3 Å². The van der Waals surface area contributed by atoms with Crippen molar-refractivity contribution in [1.29, 1.82) is 0 Å². The Kier molecular flexibility index (Phi) is 3.87. The molecular formula is C10H14N2O4S. The molecule has 0 saturated heterocycles. The summed E-state index contributed by atoms with van der Waals surface area (Å²) in [5, 5.41) is 9.68. The molecular weight excluding hydrogens is 244 g/mol. The van der Waals surface area contributed by atoms with Gasteiger partial charge in [0.05, 0.1) is 4.90 Å². The molecule has 0 spiro atoms. The van der Waals surface area contributed by atoms with Gasteiger partial charge in [-0.3, -0.25) is 4.79 Å². The number of hydrogen-bond acceptors (Lipinski definition) is 5. The molecule has 6 nitrogen and oxygen atoms in total. The van der Waals surface area contributed by atoms with Gasteiger partial charge in [0.2, 0.25) is 5.91 Å². The first kappa shape index (κ1) is 13.6. The normalized spacial score (nSPS) is 15.2. The van der Waals surface area contributed by atoms with Gasteiger partial charge in [-0.2, -0.15) is 0 Å². The van der Waals surface area contributed by atoms with E-state index in [0.29, 0.717) is 5.56 Å². The summed E-state index contributed by atoms with van der Waals surface area (Å²) in [7, 11) is -3.29. The Balaban J connectivity index is 2.99. The summed E-state index contributed by atoms with van der Waals surface area (Å²) in [6.07, 6.45) is -0.172. The average Bonchev–Trinajstić information content (AvgIpc) is 2.26. The third kappa shape index (κ3) is 3.26. The van der Waals surface area contributed by atoms with Gasteiger partial charge >= 0.3 is 0 Å². The van der Waals surface area contributed by atoms with E-state index in [1.54, 1.807) is 0 Å². The van der Waals surface area contributed by atoms with Crippen molar-refractivity contribution >= 4 is 15.7 Å². The fraction of sp³-hybridized carbons (Fsp3) is 0.300. The van der Waals surface area contributed by atoms with Crippen molar-refractivity contribution in [3.05, 3.63) is 29.8 Å². The lowest BCUT2D eigenvalue weighted by Gasteiger charge is -2.16. The van der Waals surface area contributed by atoms with E-state index < -0.39 is 27.9 Å². The van der Waals surface area contributed by atoms with Crippen molar-refractivity contribution in [2.24, 2.45) is 11.5 Å². The molecule has 0 aliphatic rings. The van der Waals surface area contributed by atoms with Crippen LogP contribution in [-0.4, -0.2) is 31.7 Å². The lowest BCUT2D eigenvalue weighted by atomic mass is 10.0. The molecule has 0 aliphatic carbocycles. The number of carbonyl (C=O) groups is 1. The third-order valence-electron chi connectivity index (χ3n) is 2.32. The minimum absolute atomic E-state index is 0.126. The number of amides is 1. The number of aliphatic hydroxyl groups is 1. The SMILES string of the molecule is CS(=O)(=O)c1ccc(C(O)C(N)C(N)=O)cc1. The zero-order valence-corrected chi connectivity index (χ0v) is 10.0. The summed E-state index contributed by atoms with van der Waals surface area (Å²) < 4.78 is 22.4. The lowest BCUT2D eigenvalue weighted by Crippen LogP contribution is -2.41. The molecule has 0 bridgehead atoms. The van der Waals surface area contributed by atoms with E-state index in [0.717, 1.165) is 6.26 Å². The lowest BCUT2D eigenvalue weighted by molar-refractivity contribution is -0.121. The Morgan fingerprint density at radius 2 is 1.76 bits per heavy atom. The van der Waals surface area contributed by atoms with E-state index in [-0.39, 0.29) is 4.90 Å². The number of rotatable bonds is 4. The molecule has 0 heterocycles. The van der Waals surface area contributed by atoms with Crippen LogP contribution in [0.2, 0.25) is 0 Å². The van der Waals surface area contributed by atoms with Crippen LogP contribution in [0.1, 0.15) is 11.7 Å². The van der Waals surface area contributed by atoms with Gasteiger partial charge in [0.15, 0.2) is 9.84 Å². The molecule has 1 amide bonds. The number of nitrogens with two attached hydrogens (primary N) is 2. The van der Waals surface area contributed by atoms with Crippen molar-refractivity contribution in [3.63, 3.8) is 0 Å². The van der Waals surface area contributed by atoms with Crippen LogP contribution in [0.5, 0.6) is 0 Å². The molecule has 0 radical (unpaired) electrons. The molecule has 0 aliphatic heterocycles. The highest BCUT2D eigenvalue weighted by Gasteiger charge is 2.22. The molecule has 94 valence electrons. The van der Waals surface area contributed by atoms with Crippen molar-refractivity contribution in [2.75, 3.05) is 6.26 Å². The highest BCUT2D eigenvalue weighted by molar-refractivity contribution is 7.90. The number of benzene rings is 1. The Morgan fingerprint density at radius 1 is 1.29 bits per heavy atom. The summed E-state index contributed by atoms with van der Waals surface area (Å²) in [6.45, 7) is 0. The molecule has 2 atom stereocenters. The van der Waals surface area contributed by atoms with Crippen molar-refractivity contribution in [1.82, 2.24) is 0 Å². The summed E-state index contributed by atoms with van der Waals surface area (Å²) >= 11 is 0. The standard InChI is InChI=1S/C10H14N2O4S/c1-17(15,16)7-4-2-6(3-5-7)9(13)8(11)10(12)14/h2-5,8-9,13H,11H2,1H3,(H2,12,14). The van der Waals surface area contributed by atoms with Crippen LogP contribution >= 0.6 is 0 Å². The van der Waals surface area contributed by atoms with Crippen molar-refractivity contribution < 1.29 is 18.3 Å². The fourth-order valence-electron chi connectivity index (χ4n) is 1.28. The van der Waals surface area contributed by atoms with E-state index in [1.165, 1.54) is 24.3 Å². The number of carbonyl (C=O) groups excluding carboxylic acids is 1. The van der Waals surface area contributed by atoms with Gasteiger partial charge in [0.25, 0.3) is 0 Å². The van der Waals surface area contributed by atoms with Gasteiger partial charge < -0.3 is 16.6 Å². The summed E-state index contributed by atoms with van der Waals surface area (Å²) in [5.41, 5.74) is 10.7. The van der Waals surface area contributed by atoms with Gasteiger partial charge in [-0.15, -0.1) is 0 Å². The van der Waals surface area contributed by atoms with Gasteiger partial charge in [0.1, 0.15) is 12.1 Å². The maximum absolute atomic E-state index is 11.2. The first-order valence-electron chi connectivity index (χ1n) is 4.76. The van der Waals surface area contributed by atoms with Crippen LogP contribution in [0.15, 0.2) is 29.2 Å². The smallest absolute Gasteiger partial charge is 0.237 e. The molecule has 0 fully saturated rings. The van der Waals surface area contributed by atoms with Crippen LogP contribution < -0.4 is 11.5 Å². The van der Waals surface area contributed by atoms with Crippen LogP contribution in [-0.2, 0) is 14.6 Å². The predicted molar refractivity (Wildman–Crippen MR) is 61.7 cm³/mol. The predicted octanol–water partition coefficient (Wildman–Crippen LogP) is -1.06. The van der Waals surface area contributed by atoms with Crippen LogP contribution in [0.25, 0.3) is 0 Å². The maximum atomic E-state index is 11.2. The summed E-state index contributed by atoms with van der Waals surface area (Å²) in [6, 6.07) is 4.23. The highest BCUT2D eigenvalue weighted by atomic mass is 32.2. The van der Waals surface area contributed by atoms with E-state index in [2.05, 4.69) is 0 Å². The zero-order valence-electron chi connectivity index (χ0n) is 9.20. The van der Waals surface area contributed by atoms with Gasteiger partial charge in [-0.25, -0.2) is 8.42 Å². The molecule has 1 aromatic carbocycles. The fourth-order valence-corrected chi connectivity index (χ4v) is 1.91. The molecule has 2 unspecified atom stereocenters. The Bertz CT molecular complexity index is 510. The molecule has 17 heavy (non-hydrogen) atoms. The molecule has 0 aromatic heterocycles. The minimum Gasteiger partial charge on any atom is -0.386 e. The molecule has 7 heteroatoms. The van der Waals surface area contributed by atoms with Crippen molar-refractivity contribution in [2.45, 2.75) is 17.0 Å². The Morgan fingerprint density at radius 3 is 2.12 bits per heavy atom. The maximum Gasteiger partial charge on any atom is 0.237 e. The topological polar surface area (TPSA) is 123 Å². The average molecular weight is 258 g/mol. The van der Waals surface area contributed by atoms with Crippen LogP contribution in [0.4, 0.5) is 0 Å². The molecule has 5 N–H and O–H groups in total. The third-order valence-corrected chi connectivity index (χ3v) is 3.45. The molecule has 1 aromatic rings. The second-order valence-corrected chi connectivity index (χ2v) is 5.73. The van der Waals surface area contributed by atoms with Gasteiger partial charge in [-0.1, -0.05) is 12.1 Å². The minimum atomic E-state index is -3.29. The summed E-state index contributed by atoms with van der Waals surface area (Å²) in [4.78, 5) is 10.9. The first-order valence-corrected chi connectivity index (χ1v) is 6.65. The first-order chi connectivity index (χ1) is 7.73. The second kappa shape index (κ2) is 4.82.